The Labute approximate surface area is 91.0 Å². The summed E-state index contributed by atoms with van der Waals surface area (Å²) in [5.41, 5.74) is 1.24. The van der Waals surface area contributed by atoms with Gasteiger partial charge in [-0.15, -0.1) is 0 Å². The standard InChI is InChI=1S/C14H15N/c1-15-12-6-5-9-14(15)11-10-13-7-3-2-4-8-13/h2-12,14H,1H3. The van der Waals surface area contributed by atoms with Gasteiger partial charge in [0.05, 0.1) is 6.04 Å². The van der Waals surface area contributed by atoms with Crippen molar-refractivity contribution in [3.8, 4) is 0 Å². The van der Waals surface area contributed by atoms with Crippen molar-refractivity contribution in [2.75, 3.05) is 7.05 Å². The van der Waals surface area contributed by atoms with Crippen LogP contribution >= 0.6 is 0 Å². The first kappa shape index (κ1) is 9.78. The lowest BCUT2D eigenvalue weighted by Crippen LogP contribution is -2.24. The van der Waals surface area contributed by atoms with E-state index in [9.17, 15) is 0 Å². The van der Waals surface area contributed by atoms with Crippen LogP contribution < -0.4 is 0 Å². The molecule has 1 heteroatoms. The molecule has 1 aliphatic heterocycles. The zero-order chi connectivity index (χ0) is 10.5. The highest BCUT2D eigenvalue weighted by atomic mass is 15.1. The average Bonchev–Trinajstić information content (AvgIpc) is 2.29. The summed E-state index contributed by atoms with van der Waals surface area (Å²) in [5, 5.41) is 0. The van der Waals surface area contributed by atoms with E-state index in [1.165, 1.54) is 5.56 Å². The SMILES string of the molecule is CN1C=CC=CC1C=Cc1ccccc1. The molecule has 1 aliphatic rings. The predicted octanol–water partition coefficient (Wildman–Crippen LogP) is 3.08. The lowest BCUT2D eigenvalue weighted by Gasteiger charge is -2.23. The minimum Gasteiger partial charge on any atom is -0.371 e. The van der Waals surface area contributed by atoms with Crippen LogP contribution in [0.25, 0.3) is 6.08 Å². The molecule has 0 saturated carbocycles. The molecule has 0 aliphatic carbocycles. The molecule has 0 aromatic heterocycles. The van der Waals surface area contributed by atoms with Crippen molar-refractivity contribution in [3.05, 3.63) is 66.4 Å². The van der Waals surface area contributed by atoms with Gasteiger partial charge in [-0.3, -0.25) is 0 Å². The molecule has 0 N–H and O–H groups in total. The molecular formula is C14H15N. The van der Waals surface area contributed by atoms with E-state index in [1.807, 2.05) is 12.1 Å². The maximum absolute atomic E-state index is 2.20. The second-order valence-corrected chi connectivity index (χ2v) is 3.65. The first-order valence-electron chi connectivity index (χ1n) is 5.16. The van der Waals surface area contributed by atoms with Crippen LogP contribution in [-0.4, -0.2) is 18.0 Å². The van der Waals surface area contributed by atoms with Crippen LogP contribution in [-0.2, 0) is 0 Å². The molecule has 2 rings (SSSR count). The Kier molecular flexibility index (Phi) is 3.03. The summed E-state index contributed by atoms with van der Waals surface area (Å²) in [5.74, 6) is 0. The van der Waals surface area contributed by atoms with E-state index in [4.69, 9.17) is 0 Å². The quantitative estimate of drug-likeness (QED) is 0.704. The molecule has 0 amide bonds. The topological polar surface area (TPSA) is 3.24 Å². The van der Waals surface area contributed by atoms with Crippen molar-refractivity contribution in [1.29, 1.82) is 0 Å². The number of hydrogen-bond donors (Lipinski definition) is 0. The molecule has 0 saturated heterocycles. The van der Waals surface area contributed by atoms with Gasteiger partial charge in [0.15, 0.2) is 0 Å². The summed E-state index contributed by atoms with van der Waals surface area (Å²) < 4.78 is 0. The Morgan fingerprint density at radius 3 is 2.67 bits per heavy atom. The summed E-state index contributed by atoms with van der Waals surface area (Å²) in [6, 6.07) is 10.7. The molecule has 0 radical (unpaired) electrons. The van der Waals surface area contributed by atoms with E-state index in [-0.39, 0.29) is 0 Å². The number of benzene rings is 1. The number of rotatable bonds is 2. The Hall–Kier alpha value is -1.76. The van der Waals surface area contributed by atoms with Gasteiger partial charge in [0.1, 0.15) is 0 Å². The molecule has 0 spiro atoms. The van der Waals surface area contributed by atoms with Gasteiger partial charge < -0.3 is 4.90 Å². The van der Waals surface area contributed by atoms with Crippen molar-refractivity contribution in [2.45, 2.75) is 6.04 Å². The maximum Gasteiger partial charge on any atom is 0.0654 e. The van der Waals surface area contributed by atoms with Crippen LogP contribution in [0.4, 0.5) is 0 Å². The van der Waals surface area contributed by atoms with E-state index >= 15 is 0 Å². The lowest BCUT2D eigenvalue weighted by molar-refractivity contribution is 0.434. The fourth-order valence-corrected chi connectivity index (χ4v) is 1.57. The van der Waals surface area contributed by atoms with Gasteiger partial charge in [0.25, 0.3) is 0 Å². The van der Waals surface area contributed by atoms with Crippen LogP contribution in [0.1, 0.15) is 5.56 Å². The second-order valence-electron chi connectivity index (χ2n) is 3.65. The van der Waals surface area contributed by atoms with E-state index in [1.54, 1.807) is 0 Å². The molecule has 1 aromatic carbocycles. The molecule has 0 bridgehead atoms. The normalized spacial score (nSPS) is 20.1. The van der Waals surface area contributed by atoms with Crippen LogP contribution in [0.15, 0.2) is 60.8 Å². The third-order valence-electron chi connectivity index (χ3n) is 2.50. The van der Waals surface area contributed by atoms with Gasteiger partial charge in [-0.25, -0.2) is 0 Å². The van der Waals surface area contributed by atoms with Crippen molar-refractivity contribution >= 4 is 6.08 Å². The maximum atomic E-state index is 2.20. The molecule has 1 heterocycles. The highest BCUT2D eigenvalue weighted by Gasteiger charge is 2.04. The van der Waals surface area contributed by atoms with E-state index in [0.29, 0.717) is 6.04 Å². The Bertz CT molecular complexity index is 387. The van der Waals surface area contributed by atoms with Crippen LogP contribution in [0.2, 0.25) is 0 Å². The first-order chi connectivity index (χ1) is 7.36. The van der Waals surface area contributed by atoms with E-state index in [0.717, 1.165) is 0 Å². The zero-order valence-corrected chi connectivity index (χ0v) is 8.88. The molecule has 0 fully saturated rings. The molecule has 1 nitrogen and oxygen atoms in total. The average molecular weight is 197 g/mol. The van der Waals surface area contributed by atoms with Gasteiger partial charge in [-0.1, -0.05) is 54.6 Å². The molecular weight excluding hydrogens is 182 g/mol. The van der Waals surface area contributed by atoms with Crippen molar-refractivity contribution in [3.63, 3.8) is 0 Å². The minimum absolute atomic E-state index is 0.371. The summed E-state index contributed by atoms with van der Waals surface area (Å²) >= 11 is 0. The van der Waals surface area contributed by atoms with Gasteiger partial charge in [0.2, 0.25) is 0 Å². The summed E-state index contributed by atoms with van der Waals surface area (Å²) in [7, 11) is 2.08. The van der Waals surface area contributed by atoms with Gasteiger partial charge >= 0.3 is 0 Å². The summed E-state index contributed by atoms with van der Waals surface area (Å²) in [6.45, 7) is 0. The zero-order valence-electron chi connectivity index (χ0n) is 8.88. The van der Waals surface area contributed by atoms with Gasteiger partial charge in [-0.05, 0) is 17.8 Å². The molecule has 76 valence electrons. The van der Waals surface area contributed by atoms with E-state index < -0.39 is 0 Å². The Morgan fingerprint density at radius 1 is 1.13 bits per heavy atom. The third kappa shape index (κ3) is 2.59. The van der Waals surface area contributed by atoms with Crippen LogP contribution in [0.3, 0.4) is 0 Å². The van der Waals surface area contributed by atoms with Crippen molar-refractivity contribution in [1.82, 2.24) is 4.90 Å². The minimum atomic E-state index is 0.371. The molecule has 1 unspecified atom stereocenters. The smallest absolute Gasteiger partial charge is 0.0654 e. The third-order valence-corrected chi connectivity index (χ3v) is 2.50. The largest absolute Gasteiger partial charge is 0.371 e. The number of likely N-dealkylation sites (N-methyl/N-ethyl adjacent to an activating group) is 1. The van der Waals surface area contributed by atoms with Gasteiger partial charge in [0, 0.05) is 7.05 Å². The predicted molar refractivity (Wildman–Crippen MR) is 65.3 cm³/mol. The number of hydrogen-bond acceptors (Lipinski definition) is 1. The fourth-order valence-electron chi connectivity index (χ4n) is 1.57. The molecule has 15 heavy (non-hydrogen) atoms. The summed E-state index contributed by atoms with van der Waals surface area (Å²) in [6.07, 6.45) is 12.8. The monoisotopic (exact) mass is 197 g/mol. The van der Waals surface area contributed by atoms with Gasteiger partial charge in [-0.2, -0.15) is 0 Å². The highest BCUT2D eigenvalue weighted by Crippen LogP contribution is 2.09. The molecule has 1 aromatic rings. The molecule has 1 atom stereocenters. The number of allylic oxidation sites excluding steroid dienone is 2. The summed E-state index contributed by atoms with van der Waals surface area (Å²) in [4.78, 5) is 2.18. The fraction of sp³-hybridized carbons (Fsp3) is 0.143. The van der Waals surface area contributed by atoms with Crippen LogP contribution in [0.5, 0.6) is 0 Å². The van der Waals surface area contributed by atoms with E-state index in [2.05, 4.69) is 66.7 Å². The second kappa shape index (κ2) is 4.65. The Morgan fingerprint density at radius 2 is 1.93 bits per heavy atom. The highest BCUT2D eigenvalue weighted by molar-refractivity contribution is 5.50. The Balaban J connectivity index is 2.06. The first-order valence-corrected chi connectivity index (χ1v) is 5.16. The van der Waals surface area contributed by atoms with Crippen molar-refractivity contribution < 1.29 is 0 Å². The number of nitrogens with zero attached hydrogens (tertiary/aromatic N) is 1. The van der Waals surface area contributed by atoms with Crippen LogP contribution in [0, 0.1) is 0 Å². The lowest BCUT2D eigenvalue weighted by atomic mass is 10.1. The van der Waals surface area contributed by atoms with Crippen molar-refractivity contribution in [2.24, 2.45) is 0 Å².